The molecule has 1 N–H and O–H groups in total. The predicted molar refractivity (Wildman–Crippen MR) is 111 cm³/mol. The third-order valence-corrected chi connectivity index (χ3v) is 4.61. The van der Waals surface area contributed by atoms with Crippen molar-refractivity contribution in [2.24, 2.45) is 0 Å². The molecule has 7 heteroatoms. The van der Waals surface area contributed by atoms with E-state index in [1.807, 2.05) is 20.8 Å². The molecule has 2 aromatic heterocycles. The second-order valence-electron chi connectivity index (χ2n) is 7.24. The second kappa shape index (κ2) is 7.67. The number of ether oxygens (including phenoxy) is 1. The molecule has 4 aromatic rings. The molecule has 0 aliphatic heterocycles. The van der Waals surface area contributed by atoms with Crippen LogP contribution in [0.15, 0.2) is 51.4 Å². The van der Waals surface area contributed by atoms with Crippen LogP contribution >= 0.6 is 0 Å². The van der Waals surface area contributed by atoms with Crippen LogP contribution in [0.3, 0.4) is 0 Å². The monoisotopic (exact) mass is 408 g/mol. The van der Waals surface area contributed by atoms with Gasteiger partial charge in [-0.05, 0) is 57.2 Å². The van der Waals surface area contributed by atoms with E-state index in [9.17, 15) is 9.18 Å². The molecule has 0 saturated heterocycles. The maximum absolute atomic E-state index is 13.4. The quantitative estimate of drug-likeness (QED) is 0.482. The minimum atomic E-state index is -0.369. The van der Waals surface area contributed by atoms with Crippen molar-refractivity contribution in [1.82, 2.24) is 10.5 Å². The van der Waals surface area contributed by atoms with Crippen LogP contribution in [0.25, 0.3) is 33.6 Å². The molecule has 0 aliphatic carbocycles. The molecule has 154 valence electrons. The summed E-state index contributed by atoms with van der Waals surface area (Å²) in [5.74, 6) is 0.751. The minimum Gasteiger partial charge on any atom is -0.490 e. The van der Waals surface area contributed by atoms with Gasteiger partial charge in [0.2, 0.25) is 0 Å². The lowest BCUT2D eigenvalue weighted by molar-refractivity contribution is 0.0964. The van der Waals surface area contributed by atoms with E-state index in [1.54, 1.807) is 37.4 Å². The van der Waals surface area contributed by atoms with Crippen molar-refractivity contribution in [3.63, 3.8) is 0 Å². The molecule has 6 nitrogen and oxygen atoms in total. The number of rotatable bonds is 5. The SMILES string of the molecule is CNC(=O)c1c(-c2ccc(F)cc2)oc2cc(-c3cc(C)no3)c(OC(C)C)cc12. The number of hydrogen-bond donors (Lipinski definition) is 1. The number of benzene rings is 2. The van der Waals surface area contributed by atoms with E-state index in [0.717, 1.165) is 5.69 Å². The van der Waals surface area contributed by atoms with E-state index in [0.29, 0.717) is 44.9 Å². The third-order valence-electron chi connectivity index (χ3n) is 4.61. The molecule has 0 unspecified atom stereocenters. The molecule has 0 aliphatic rings. The first-order valence-electron chi connectivity index (χ1n) is 9.56. The first-order valence-corrected chi connectivity index (χ1v) is 9.56. The van der Waals surface area contributed by atoms with Gasteiger partial charge in [-0.25, -0.2) is 4.39 Å². The van der Waals surface area contributed by atoms with Crippen LogP contribution in [0.1, 0.15) is 29.9 Å². The molecule has 0 saturated carbocycles. The van der Waals surface area contributed by atoms with E-state index in [2.05, 4.69) is 10.5 Å². The van der Waals surface area contributed by atoms with Crippen LogP contribution in [0, 0.1) is 12.7 Å². The Labute approximate surface area is 172 Å². The lowest BCUT2D eigenvalue weighted by Gasteiger charge is -2.13. The molecule has 1 amide bonds. The molecule has 4 rings (SSSR count). The summed E-state index contributed by atoms with van der Waals surface area (Å²) in [7, 11) is 1.55. The number of nitrogens with one attached hydrogen (secondary N) is 1. The highest BCUT2D eigenvalue weighted by molar-refractivity contribution is 6.12. The average Bonchev–Trinajstić information content (AvgIpc) is 3.30. The summed E-state index contributed by atoms with van der Waals surface area (Å²) in [4.78, 5) is 12.7. The Morgan fingerprint density at radius 3 is 2.50 bits per heavy atom. The van der Waals surface area contributed by atoms with Crippen molar-refractivity contribution in [3.8, 4) is 28.4 Å². The third kappa shape index (κ3) is 3.54. The number of carbonyl (C=O) groups is 1. The first-order chi connectivity index (χ1) is 14.4. The standard InChI is InChI=1S/C23H21FN2O4/c1-12(2)28-18-11-17-19(10-16(18)20-9-13(3)26-30-20)29-22(21(17)23(27)25-4)14-5-7-15(24)8-6-14/h5-12H,1-4H3,(H,25,27). The van der Waals surface area contributed by atoms with Gasteiger partial charge in [-0.1, -0.05) is 5.16 Å². The number of hydrogen-bond acceptors (Lipinski definition) is 5. The molecule has 0 fully saturated rings. The number of carbonyl (C=O) groups excluding carboxylic acids is 1. The zero-order chi connectivity index (χ0) is 21.4. The Morgan fingerprint density at radius 2 is 1.90 bits per heavy atom. The molecule has 0 bridgehead atoms. The Morgan fingerprint density at radius 1 is 1.17 bits per heavy atom. The summed E-state index contributed by atoms with van der Waals surface area (Å²) in [5.41, 5.74) is 2.83. The number of halogens is 1. The van der Waals surface area contributed by atoms with Gasteiger partial charge in [0, 0.05) is 24.1 Å². The summed E-state index contributed by atoms with van der Waals surface area (Å²) in [6.07, 6.45) is -0.0999. The lowest BCUT2D eigenvalue weighted by Crippen LogP contribution is -2.18. The number of fused-ring (bicyclic) bond motifs is 1. The largest absolute Gasteiger partial charge is 0.490 e. The zero-order valence-electron chi connectivity index (χ0n) is 17.1. The highest BCUT2D eigenvalue weighted by Crippen LogP contribution is 2.41. The van der Waals surface area contributed by atoms with Crippen LogP contribution in [-0.4, -0.2) is 24.2 Å². The van der Waals surface area contributed by atoms with Crippen molar-refractivity contribution in [3.05, 3.63) is 59.5 Å². The topological polar surface area (TPSA) is 77.5 Å². The molecule has 0 radical (unpaired) electrons. The summed E-state index contributed by atoms with van der Waals surface area (Å²) in [5, 5.41) is 7.19. The summed E-state index contributed by atoms with van der Waals surface area (Å²) < 4.78 is 30.9. The van der Waals surface area contributed by atoms with Gasteiger partial charge in [-0.15, -0.1) is 0 Å². The maximum Gasteiger partial charge on any atom is 0.255 e. The Bertz CT molecular complexity index is 1220. The number of amides is 1. The molecule has 2 aromatic carbocycles. The zero-order valence-corrected chi connectivity index (χ0v) is 17.1. The number of furan rings is 1. The fraction of sp³-hybridized carbons (Fsp3) is 0.217. The van der Waals surface area contributed by atoms with Crippen LogP contribution in [-0.2, 0) is 0 Å². The normalized spacial score (nSPS) is 11.3. The van der Waals surface area contributed by atoms with Gasteiger partial charge in [0.05, 0.1) is 22.9 Å². The highest BCUT2D eigenvalue weighted by Gasteiger charge is 2.25. The summed E-state index contributed by atoms with van der Waals surface area (Å²) >= 11 is 0. The van der Waals surface area contributed by atoms with Crippen LogP contribution in [0.4, 0.5) is 4.39 Å². The molecule has 0 spiro atoms. The van der Waals surface area contributed by atoms with E-state index >= 15 is 0 Å². The maximum atomic E-state index is 13.4. The molecular weight excluding hydrogens is 387 g/mol. The first kappa shape index (κ1) is 19.7. The smallest absolute Gasteiger partial charge is 0.255 e. The average molecular weight is 408 g/mol. The van der Waals surface area contributed by atoms with Gasteiger partial charge in [-0.2, -0.15) is 0 Å². The molecular formula is C23H21FN2O4. The number of aryl methyl sites for hydroxylation is 1. The van der Waals surface area contributed by atoms with Crippen LogP contribution in [0.2, 0.25) is 0 Å². The van der Waals surface area contributed by atoms with Crippen LogP contribution in [0.5, 0.6) is 5.75 Å². The number of nitrogens with zero attached hydrogens (tertiary/aromatic N) is 1. The Balaban J connectivity index is 2.00. The van der Waals surface area contributed by atoms with Gasteiger partial charge in [0.15, 0.2) is 5.76 Å². The minimum absolute atomic E-state index is 0.0999. The van der Waals surface area contributed by atoms with Crippen molar-refractivity contribution < 1.29 is 22.9 Å². The summed E-state index contributed by atoms with van der Waals surface area (Å²) in [6, 6.07) is 11.1. The Hall–Kier alpha value is -3.61. The van der Waals surface area contributed by atoms with Gasteiger partial charge in [0.1, 0.15) is 22.9 Å². The van der Waals surface area contributed by atoms with E-state index in [4.69, 9.17) is 13.7 Å². The van der Waals surface area contributed by atoms with Crippen molar-refractivity contribution in [1.29, 1.82) is 0 Å². The van der Waals surface area contributed by atoms with Crippen molar-refractivity contribution in [2.45, 2.75) is 26.9 Å². The molecule has 2 heterocycles. The fourth-order valence-electron chi connectivity index (χ4n) is 3.31. The Kier molecular flexibility index (Phi) is 5.03. The summed E-state index contributed by atoms with van der Waals surface area (Å²) in [6.45, 7) is 5.66. The second-order valence-corrected chi connectivity index (χ2v) is 7.24. The van der Waals surface area contributed by atoms with Crippen molar-refractivity contribution in [2.75, 3.05) is 7.05 Å². The van der Waals surface area contributed by atoms with Gasteiger partial charge < -0.3 is 19.0 Å². The van der Waals surface area contributed by atoms with Gasteiger partial charge >= 0.3 is 0 Å². The predicted octanol–water partition coefficient (Wildman–Crippen LogP) is 5.35. The van der Waals surface area contributed by atoms with Crippen LogP contribution < -0.4 is 10.1 Å². The molecule has 0 atom stereocenters. The highest BCUT2D eigenvalue weighted by atomic mass is 19.1. The van der Waals surface area contributed by atoms with E-state index in [1.165, 1.54) is 12.1 Å². The fourth-order valence-corrected chi connectivity index (χ4v) is 3.31. The van der Waals surface area contributed by atoms with Gasteiger partial charge in [0.25, 0.3) is 5.91 Å². The van der Waals surface area contributed by atoms with E-state index in [-0.39, 0.29) is 17.8 Å². The van der Waals surface area contributed by atoms with Gasteiger partial charge in [-0.3, -0.25) is 4.79 Å². The van der Waals surface area contributed by atoms with E-state index < -0.39 is 0 Å². The molecule has 30 heavy (non-hydrogen) atoms. The number of aromatic nitrogens is 1. The lowest BCUT2D eigenvalue weighted by atomic mass is 10.0. The van der Waals surface area contributed by atoms with Crippen molar-refractivity contribution >= 4 is 16.9 Å².